The molecular formula is C26H28N4O5S2. The minimum atomic E-state index is -0.171. The second-order valence-corrected chi connectivity index (χ2v) is 10.1. The fourth-order valence-corrected chi connectivity index (χ4v) is 5.27. The lowest BCUT2D eigenvalue weighted by molar-refractivity contribution is -0.119. The number of methoxy groups -OCH3 is 1. The number of fused-ring (bicyclic) bond motifs is 1. The summed E-state index contributed by atoms with van der Waals surface area (Å²) in [5, 5.41) is 8.04. The fourth-order valence-electron chi connectivity index (χ4n) is 3.64. The Kier molecular flexibility index (Phi) is 9.39. The van der Waals surface area contributed by atoms with Crippen LogP contribution in [0, 0.1) is 0 Å². The lowest BCUT2D eigenvalue weighted by Gasteiger charge is -2.12. The van der Waals surface area contributed by atoms with Gasteiger partial charge in [-0.25, -0.2) is 4.98 Å². The van der Waals surface area contributed by atoms with E-state index in [0.29, 0.717) is 53.5 Å². The monoisotopic (exact) mass is 540 g/mol. The van der Waals surface area contributed by atoms with Gasteiger partial charge in [-0.1, -0.05) is 18.2 Å². The predicted octanol–water partition coefficient (Wildman–Crippen LogP) is 4.67. The molecule has 3 aromatic heterocycles. The first-order chi connectivity index (χ1) is 18.0. The highest BCUT2D eigenvalue weighted by Gasteiger charge is 2.14. The maximum atomic E-state index is 13.1. The number of carbonyl (C=O) groups excluding carboxylic acids is 2. The Bertz CT molecular complexity index is 1380. The molecule has 0 bridgehead atoms. The molecule has 9 nitrogen and oxygen atoms in total. The van der Waals surface area contributed by atoms with E-state index in [1.165, 1.54) is 23.1 Å². The fraction of sp³-hybridized carbons (Fsp3) is 0.308. The molecule has 11 heteroatoms. The number of anilines is 1. The standard InChI is InChI=1S/C26H28N4O5S2/c1-34-19-10-8-18(9-11-19)28-22(31)7-3-2-4-13-30-25(33)24-21(12-15-36-24)29-26(30)37-17-23(32)27-16-20-6-5-14-35-20/h5-6,8-12,14-15H,2-4,7,13,16-17H2,1H3,(H,27,32)(H,28,31). The number of aromatic nitrogens is 2. The summed E-state index contributed by atoms with van der Waals surface area (Å²) < 4.78 is 12.6. The smallest absolute Gasteiger partial charge is 0.272 e. The van der Waals surface area contributed by atoms with Crippen LogP contribution in [0.3, 0.4) is 0 Å². The molecule has 0 aliphatic heterocycles. The number of furan rings is 1. The highest BCUT2D eigenvalue weighted by Crippen LogP contribution is 2.22. The van der Waals surface area contributed by atoms with Crippen molar-refractivity contribution in [1.82, 2.24) is 14.9 Å². The number of unbranched alkanes of at least 4 members (excludes halogenated alkanes) is 2. The lowest BCUT2D eigenvalue weighted by Crippen LogP contribution is -2.26. The van der Waals surface area contributed by atoms with Crippen LogP contribution in [0.1, 0.15) is 31.4 Å². The molecule has 2 amide bonds. The second-order valence-electron chi connectivity index (χ2n) is 8.22. The van der Waals surface area contributed by atoms with Crippen molar-refractivity contribution in [1.29, 1.82) is 0 Å². The molecule has 2 N–H and O–H groups in total. The van der Waals surface area contributed by atoms with Gasteiger partial charge >= 0.3 is 0 Å². The summed E-state index contributed by atoms with van der Waals surface area (Å²) in [6, 6.07) is 12.6. The van der Waals surface area contributed by atoms with E-state index in [9.17, 15) is 14.4 Å². The Hall–Kier alpha value is -3.57. The molecule has 0 saturated heterocycles. The van der Waals surface area contributed by atoms with Crippen molar-refractivity contribution >= 4 is 50.8 Å². The number of ether oxygens (including phenoxy) is 1. The van der Waals surface area contributed by atoms with E-state index < -0.39 is 0 Å². The molecule has 3 heterocycles. The highest BCUT2D eigenvalue weighted by atomic mass is 32.2. The van der Waals surface area contributed by atoms with Crippen LogP contribution in [0.4, 0.5) is 5.69 Å². The third kappa shape index (κ3) is 7.46. The second kappa shape index (κ2) is 13.1. The molecule has 0 spiro atoms. The Morgan fingerprint density at radius 2 is 1.95 bits per heavy atom. The Morgan fingerprint density at radius 3 is 2.70 bits per heavy atom. The number of nitrogens with zero attached hydrogens (tertiary/aromatic N) is 2. The first-order valence-corrected chi connectivity index (χ1v) is 13.7. The number of hydrogen-bond acceptors (Lipinski definition) is 8. The number of thiophene rings is 1. The summed E-state index contributed by atoms with van der Waals surface area (Å²) in [6.07, 6.45) is 4.14. The zero-order valence-corrected chi connectivity index (χ0v) is 22.0. The van der Waals surface area contributed by atoms with Crippen LogP contribution < -0.4 is 20.9 Å². The van der Waals surface area contributed by atoms with Gasteiger partial charge in [-0.15, -0.1) is 11.3 Å². The topological polar surface area (TPSA) is 115 Å². The molecule has 0 aliphatic carbocycles. The van der Waals surface area contributed by atoms with Crippen LogP contribution in [0.5, 0.6) is 5.75 Å². The Balaban J connectivity index is 1.28. The van der Waals surface area contributed by atoms with Crippen molar-refractivity contribution in [3.05, 3.63) is 70.2 Å². The molecule has 0 unspecified atom stereocenters. The van der Waals surface area contributed by atoms with Gasteiger partial charge in [0, 0.05) is 18.7 Å². The maximum Gasteiger partial charge on any atom is 0.272 e. The molecule has 1 aromatic carbocycles. The van der Waals surface area contributed by atoms with Crippen LogP contribution in [-0.4, -0.2) is 34.2 Å². The predicted molar refractivity (Wildman–Crippen MR) is 145 cm³/mol. The van der Waals surface area contributed by atoms with Gasteiger partial charge in [0.25, 0.3) is 5.56 Å². The van der Waals surface area contributed by atoms with E-state index in [1.54, 1.807) is 54.3 Å². The minimum Gasteiger partial charge on any atom is -0.497 e. The number of nitrogens with one attached hydrogen (secondary N) is 2. The summed E-state index contributed by atoms with van der Waals surface area (Å²) in [4.78, 5) is 42.3. The largest absolute Gasteiger partial charge is 0.497 e. The van der Waals surface area contributed by atoms with E-state index in [0.717, 1.165) is 17.9 Å². The Morgan fingerprint density at radius 1 is 1.11 bits per heavy atom. The zero-order chi connectivity index (χ0) is 26.0. The summed E-state index contributed by atoms with van der Waals surface area (Å²) in [7, 11) is 1.60. The molecule has 194 valence electrons. The third-order valence-corrected chi connectivity index (χ3v) is 7.43. The van der Waals surface area contributed by atoms with Crippen LogP contribution in [0.2, 0.25) is 0 Å². The van der Waals surface area contributed by atoms with Gasteiger partial charge in [-0.2, -0.15) is 0 Å². The van der Waals surface area contributed by atoms with Gasteiger partial charge in [-0.3, -0.25) is 19.0 Å². The first-order valence-electron chi connectivity index (χ1n) is 11.9. The molecule has 0 saturated carbocycles. The summed E-state index contributed by atoms with van der Waals surface area (Å²) in [5.41, 5.74) is 1.26. The van der Waals surface area contributed by atoms with E-state index in [-0.39, 0.29) is 23.1 Å². The van der Waals surface area contributed by atoms with Gasteiger partial charge in [0.1, 0.15) is 16.2 Å². The number of carbonyl (C=O) groups is 2. The number of rotatable bonds is 13. The summed E-state index contributed by atoms with van der Waals surface area (Å²) in [6.45, 7) is 0.776. The van der Waals surface area contributed by atoms with Crippen LogP contribution in [0.25, 0.3) is 10.2 Å². The van der Waals surface area contributed by atoms with Crippen LogP contribution in [0.15, 0.2) is 68.5 Å². The van der Waals surface area contributed by atoms with Crippen molar-refractivity contribution in [3.8, 4) is 5.75 Å². The highest BCUT2D eigenvalue weighted by molar-refractivity contribution is 7.99. The number of thioether (sulfide) groups is 1. The van der Waals surface area contributed by atoms with E-state index in [2.05, 4.69) is 15.6 Å². The van der Waals surface area contributed by atoms with E-state index >= 15 is 0 Å². The molecule has 37 heavy (non-hydrogen) atoms. The van der Waals surface area contributed by atoms with Gasteiger partial charge < -0.3 is 19.8 Å². The van der Waals surface area contributed by atoms with Crippen molar-refractivity contribution in [2.24, 2.45) is 0 Å². The maximum absolute atomic E-state index is 13.1. The number of hydrogen-bond donors (Lipinski definition) is 2. The molecule has 0 aliphatic rings. The lowest BCUT2D eigenvalue weighted by atomic mass is 10.2. The van der Waals surface area contributed by atoms with Crippen molar-refractivity contribution in [2.75, 3.05) is 18.2 Å². The Labute approximate surface area is 222 Å². The summed E-state index contributed by atoms with van der Waals surface area (Å²) in [5.74, 6) is 1.31. The third-order valence-electron chi connectivity index (χ3n) is 5.56. The van der Waals surface area contributed by atoms with Crippen molar-refractivity contribution in [3.63, 3.8) is 0 Å². The number of benzene rings is 1. The SMILES string of the molecule is COc1ccc(NC(=O)CCCCCn2c(SCC(=O)NCc3ccco3)nc3ccsc3c2=O)cc1. The zero-order valence-electron chi connectivity index (χ0n) is 20.4. The van der Waals surface area contributed by atoms with Gasteiger partial charge in [0.2, 0.25) is 11.8 Å². The van der Waals surface area contributed by atoms with Gasteiger partial charge in [0.15, 0.2) is 5.16 Å². The minimum absolute atomic E-state index is 0.0548. The summed E-state index contributed by atoms with van der Waals surface area (Å²) >= 11 is 2.60. The van der Waals surface area contributed by atoms with E-state index in [1.807, 2.05) is 11.4 Å². The van der Waals surface area contributed by atoms with Crippen molar-refractivity contribution < 1.29 is 18.7 Å². The van der Waals surface area contributed by atoms with Crippen LogP contribution in [-0.2, 0) is 22.7 Å². The normalized spacial score (nSPS) is 10.9. The van der Waals surface area contributed by atoms with E-state index in [4.69, 9.17) is 9.15 Å². The number of amides is 2. The average molecular weight is 541 g/mol. The van der Waals surface area contributed by atoms with Gasteiger partial charge in [0.05, 0.1) is 31.2 Å². The molecule has 4 rings (SSSR count). The molecular weight excluding hydrogens is 512 g/mol. The molecule has 4 aromatic rings. The van der Waals surface area contributed by atoms with Crippen molar-refractivity contribution in [2.45, 2.75) is 43.9 Å². The molecule has 0 radical (unpaired) electrons. The van der Waals surface area contributed by atoms with Gasteiger partial charge in [-0.05, 0) is 60.7 Å². The van der Waals surface area contributed by atoms with Crippen LogP contribution >= 0.6 is 23.1 Å². The quantitative estimate of drug-likeness (QED) is 0.144. The molecule has 0 fully saturated rings. The first kappa shape index (κ1) is 26.5. The average Bonchev–Trinajstić information content (AvgIpc) is 3.60. The molecule has 0 atom stereocenters.